The number of carbonyl (C=O) groups is 1. The van der Waals surface area contributed by atoms with Crippen LogP contribution in [0.3, 0.4) is 0 Å². The number of halogens is 2. The fourth-order valence-electron chi connectivity index (χ4n) is 3.35. The van der Waals surface area contributed by atoms with E-state index in [0.29, 0.717) is 24.3 Å². The quantitative estimate of drug-likeness (QED) is 0.917. The molecule has 0 atom stereocenters. The third-order valence-electron chi connectivity index (χ3n) is 4.79. The van der Waals surface area contributed by atoms with Gasteiger partial charge in [-0.25, -0.2) is 14.1 Å². The van der Waals surface area contributed by atoms with E-state index in [0.717, 1.165) is 32.0 Å². The molecule has 2 heterocycles. The molecule has 132 valence electrons. The maximum absolute atomic E-state index is 14.6. The molecule has 0 radical (unpaired) electrons. The lowest BCUT2D eigenvalue weighted by molar-refractivity contribution is -0.0789. The Morgan fingerprint density at radius 3 is 2.60 bits per heavy atom. The molecule has 1 N–H and O–H groups in total. The Bertz CT molecular complexity index is 902. The third kappa shape index (κ3) is 2.76. The summed E-state index contributed by atoms with van der Waals surface area (Å²) in [6.07, 6.45) is 3.11. The van der Waals surface area contributed by atoms with Crippen LogP contribution in [-0.2, 0) is 4.94 Å². The van der Waals surface area contributed by atoms with Gasteiger partial charge in [-0.05, 0) is 25.0 Å². The molecule has 1 saturated carbocycles. The van der Waals surface area contributed by atoms with E-state index < -0.39 is 22.8 Å². The summed E-state index contributed by atoms with van der Waals surface area (Å²) in [6.45, 7) is 2.85. The lowest BCUT2D eigenvalue weighted by atomic mass is 10.1. The normalized spacial score (nSPS) is 17.8. The van der Waals surface area contributed by atoms with E-state index in [1.165, 1.54) is 6.20 Å². The van der Waals surface area contributed by atoms with E-state index >= 15 is 0 Å². The molecular weight excluding hydrogens is 332 g/mol. The Balaban J connectivity index is 1.93. The second-order valence-electron chi connectivity index (χ2n) is 6.43. The Kier molecular flexibility index (Phi) is 3.91. The van der Waals surface area contributed by atoms with Crippen molar-refractivity contribution in [1.29, 1.82) is 0 Å². The monoisotopic (exact) mass is 349 g/mol. The highest BCUT2D eigenvalue weighted by molar-refractivity contribution is 5.94. The van der Waals surface area contributed by atoms with Gasteiger partial charge in [-0.15, -0.1) is 0 Å². The van der Waals surface area contributed by atoms with Crippen LogP contribution >= 0.6 is 0 Å². The minimum atomic E-state index is -1.35. The van der Waals surface area contributed by atoms with Gasteiger partial charge < -0.3 is 14.8 Å². The molecule has 25 heavy (non-hydrogen) atoms. The van der Waals surface area contributed by atoms with Crippen LogP contribution in [0.25, 0.3) is 10.9 Å². The average molecular weight is 349 g/mol. The molecule has 2 aromatic rings. The predicted molar refractivity (Wildman–Crippen MR) is 88.0 cm³/mol. The Morgan fingerprint density at radius 1 is 1.24 bits per heavy atom. The van der Waals surface area contributed by atoms with Crippen LogP contribution in [-0.4, -0.2) is 36.7 Å². The van der Waals surface area contributed by atoms with Gasteiger partial charge in [0.15, 0.2) is 0 Å². The number of benzene rings is 1. The molecule has 1 aliphatic heterocycles. The molecule has 8 heteroatoms. The summed E-state index contributed by atoms with van der Waals surface area (Å²) in [5.41, 5.74) is -0.155. The van der Waals surface area contributed by atoms with Gasteiger partial charge in [0.25, 0.3) is 0 Å². The minimum absolute atomic E-state index is 0.0613. The van der Waals surface area contributed by atoms with Crippen molar-refractivity contribution in [1.82, 2.24) is 9.88 Å². The van der Waals surface area contributed by atoms with Crippen LogP contribution in [0.4, 0.5) is 14.6 Å². The molecule has 1 aliphatic carbocycles. The maximum atomic E-state index is 14.6. The van der Waals surface area contributed by atoms with Crippen molar-refractivity contribution >= 4 is 22.6 Å². The molecule has 0 bridgehead atoms. The van der Waals surface area contributed by atoms with E-state index in [1.54, 1.807) is 10.6 Å². The molecule has 1 aromatic heterocycles. The van der Waals surface area contributed by atoms with E-state index in [-0.39, 0.29) is 11.4 Å². The third-order valence-corrected chi connectivity index (χ3v) is 4.79. The summed E-state index contributed by atoms with van der Waals surface area (Å²) >= 11 is 0. The highest BCUT2D eigenvalue weighted by Crippen LogP contribution is 2.38. The molecule has 0 spiro atoms. The maximum Gasteiger partial charge on any atom is 0.384 e. The molecule has 1 saturated heterocycles. The molecule has 0 amide bonds. The first kappa shape index (κ1) is 16.0. The molecule has 6 nitrogen and oxygen atoms in total. The van der Waals surface area contributed by atoms with Crippen molar-refractivity contribution in [2.24, 2.45) is 0 Å². The largest absolute Gasteiger partial charge is 0.384 e. The number of hydrogen-bond acceptors (Lipinski definition) is 5. The fourth-order valence-corrected chi connectivity index (χ4v) is 3.35. The second kappa shape index (κ2) is 6.11. The summed E-state index contributed by atoms with van der Waals surface area (Å²) < 4.78 is 28.7. The lowest BCUT2D eigenvalue weighted by Gasteiger charge is -2.30. The lowest BCUT2D eigenvalue weighted by Crippen LogP contribution is -2.43. The minimum Gasteiger partial charge on any atom is -0.367 e. The van der Waals surface area contributed by atoms with Gasteiger partial charge >= 0.3 is 5.97 Å². The van der Waals surface area contributed by atoms with Crippen LogP contribution in [0.15, 0.2) is 23.1 Å². The number of anilines is 1. The van der Waals surface area contributed by atoms with Crippen LogP contribution < -0.4 is 15.6 Å². The highest BCUT2D eigenvalue weighted by atomic mass is 19.3. The van der Waals surface area contributed by atoms with Gasteiger partial charge in [0.05, 0.1) is 11.2 Å². The van der Waals surface area contributed by atoms with E-state index in [2.05, 4.69) is 10.3 Å². The Labute approximate surface area is 141 Å². The zero-order valence-electron chi connectivity index (χ0n) is 13.4. The van der Waals surface area contributed by atoms with Gasteiger partial charge in [0, 0.05) is 48.3 Å². The summed E-state index contributed by atoms with van der Waals surface area (Å²) in [7, 11) is 0. The number of fused-ring (bicyclic) bond motifs is 1. The number of piperazine rings is 1. The van der Waals surface area contributed by atoms with Crippen molar-refractivity contribution in [2.75, 3.05) is 31.1 Å². The van der Waals surface area contributed by atoms with E-state index in [9.17, 15) is 18.5 Å². The smallest absolute Gasteiger partial charge is 0.367 e. The van der Waals surface area contributed by atoms with Crippen LogP contribution in [0.2, 0.25) is 0 Å². The predicted octanol–water partition coefficient (Wildman–Crippen LogP) is 1.93. The summed E-state index contributed by atoms with van der Waals surface area (Å²) in [5.74, 6) is -1.88. The molecule has 1 aromatic carbocycles. The molecule has 4 rings (SSSR count). The first-order chi connectivity index (χ1) is 12.1. The second-order valence-corrected chi connectivity index (χ2v) is 6.43. The number of aromatic nitrogens is 1. The Morgan fingerprint density at radius 2 is 1.96 bits per heavy atom. The number of nitrogens with one attached hydrogen (secondary N) is 1. The first-order valence-electron chi connectivity index (χ1n) is 8.27. The zero-order chi connectivity index (χ0) is 17.6. The molecule has 0 unspecified atom stereocenters. The van der Waals surface area contributed by atoms with Gasteiger partial charge in [-0.1, -0.05) is 0 Å². The SMILES string of the molecule is O=C(OF)c1cn(C2CC2)c2cc(N3CCNCC3)c(F)cc2c1=O. The number of rotatable bonds is 3. The van der Waals surface area contributed by atoms with Crippen molar-refractivity contribution in [3.8, 4) is 0 Å². The molecule has 2 aliphatic rings. The highest BCUT2D eigenvalue weighted by Gasteiger charge is 2.28. The van der Waals surface area contributed by atoms with E-state index in [4.69, 9.17) is 0 Å². The standard InChI is InChI=1S/C17H17F2N3O3/c18-13-7-11-14(8-15(13)21-5-3-20-4-6-21)22(10-1-2-10)9-12(16(11)23)17(24)25-19/h7-10,20H,1-6H2. The topological polar surface area (TPSA) is 63.6 Å². The van der Waals surface area contributed by atoms with Crippen LogP contribution in [0.5, 0.6) is 0 Å². The van der Waals surface area contributed by atoms with Crippen molar-refractivity contribution < 1.29 is 18.7 Å². The zero-order valence-corrected chi connectivity index (χ0v) is 13.4. The van der Waals surface area contributed by atoms with Gasteiger partial charge in [-0.3, -0.25) is 4.79 Å². The van der Waals surface area contributed by atoms with Gasteiger partial charge in [0.2, 0.25) is 5.43 Å². The fraction of sp³-hybridized carbons (Fsp3) is 0.412. The van der Waals surface area contributed by atoms with Crippen molar-refractivity contribution in [3.63, 3.8) is 0 Å². The van der Waals surface area contributed by atoms with E-state index in [1.807, 2.05) is 4.90 Å². The molecule has 2 fully saturated rings. The number of pyridine rings is 1. The van der Waals surface area contributed by atoms with Crippen LogP contribution in [0.1, 0.15) is 29.2 Å². The summed E-state index contributed by atoms with van der Waals surface area (Å²) in [5, 5.41) is 3.27. The average Bonchev–Trinajstić information content (AvgIpc) is 3.47. The van der Waals surface area contributed by atoms with Gasteiger partial charge in [-0.2, -0.15) is 0 Å². The number of carbonyl (C=O) groups excluding carboxylic acids is 1. The number of hydrogen-bond donors (Lipinski definition) is 1. The van der Waals surface area contributed by atoms with Crippen molar-refractivity contribution in [2.45, 2.75) is 18.9 Å². The van der Waals surface area contributed by atoms with Crippen molar-refractivity contribution in [3.05, 3.63) is 39.9 Å². The summed E-state index contributed by atoms with van der Waals surface area (Å²) in [6, 6.07) is 2.92. The first-order valence-corrected chi connectivity index (χ1v) is 8.27. The molecular formula is C17H17F2N3O3. The summed E-state index contributed by atoms with van der Waals surface area (Å²) in [4.78, 5) is 29.2. The number of nitrogens with zero attached hydrogens (tertiary/aromatic N) is 2. The van der Waals surface area contributed by atoms with Crippen LogP contribution in [0, 0.1) is 5.82 Å². The van der Waals surface area contributed by atoms with Gasteiger partial charge in [0.1, 0.15) is 11.4 Å². The Hall–Kier alpha value is -2.48.